The molecule has 2 aromatic heterocycles. The molecule has 0 unspecified atom stereocenters. The van der Waals surface area contributed by atoms with Gasteiger partial charge in [0.05, 0.1) is 23.8 Å². The first kappa shape index (κ1) is 23.8. The predicted molar refractivity (Wildman–Crippen MR) is 143 cm³/mol. The van der Waals surface area contributed by atoms with Crippen LogP contribution in [0.2, 0.25) is 0 Å². The van der Waals surface area contributed by atoms with E-state index in [1.807, 2.05) is 23.7 Å². The second-order valence-corrected chi connectivity index (χ2v) is 10.6. The van der Waals surface area contributed by atoms with E-state index in [2.05, 4.69) is 48.2 Å². The highest BCUT2D eigenvalue weighted by Crippen LogP contribution is 2.45. The van der Waals surface area contributed by atoms with Crippen molar-refractivity contribution in [2.45, 2.75) is 58.2 Å². The van der Waals surface area contributed by atoms with Crippen LogP contribution in [0.4, 0.5) is 5.69 Å². The van der Waals surface area contributed by atoms with E-state index >= 15 is 0 Å². The van der Waals surface area contributed by atoms with Gasteiger partial charge in [-0.1, -0.05) is 23.4 Å². The Labute approximate surface area is 216 Å². The van der Waals surface area contributed by atoms with Crippen molar-refractivity contribution < 1.29 is 19.2 Å². The zero-order chi connectivity index (χ0) is 25.7. The fourth-order valence-electron chi connectivity index (χ4n) is 5.73. The first-order chi connectivity index (χ1) is 17.9. The van der Waals surface area contributed by atoms with Gasteiger partial charge in [0, 0.05) is 54.5 Å². The van der Waals surface area contributed by atoms with Crippen LogP contribution in [-0.4, -0.2) is 40.0 Å². The lowest BCUT2D eigenvalue weighted by molar-refractivity contribution is 0.0246. The fourth-order valence-corrected chi connectivity index (χ4v) is 5.73. The molecule has 0 amide bonds. The monoisotopic (exact) mass is 499 g/mol. The molecule has 7 heteroatoms. The molecule has 0 atom stereocenters. The largest absolute Gasteiger partial charge is 0.478 e. The number of piperidine rings is 1. The lowest BCUT2D eigenvalue weighted by Crippen LogP contribution is -2.37. The molecule has 0 radical (unpaired) electrons. The van der Waals surface area contributed by atoms with Crippen molar-refractivity contribution in [2.75, 3.05) is 18.0 Å². The third-order valence-electron chi connectivity index (χ3n) is 7.96. The number of carboxylic acids is 1. The summed E-state index contributed by atoms with van der Waals surface area (Å²) in [5.74, 6) is 0.585. The van der Waals surface area contributed by atoms with Gasteiger partial charge >= 0.3 is 5.97 Å². The van der Waals surface area contributed by atoms with Gasteiger partial charge in [0.15, 0.2) is 0 Å². The van der Waals surface area contributed by atoms with Gasteiger partial charge in [0.1, 0.15) is 11.5 Å². The highest BCUT2D eigenvalue weighted by Gasteiger charge is 2.33. The molecule has 1 saturated heterocycles. The minimum absolute atomic E-state index is 0.182. The Hall–Kier alpha value is -3.58. The standard InChI is InChI=1S/C30H33N3O4/c1-18-5-4-6-19(2)27(18)28-25(29(37-31-28)20-7-8-20)17-36-22-11-13-33(14-12-22)21-9-10-23-24(30(34)35)16-32(3)26(23)15-21/h4-6,9-10,15-16,20,22H,7-8,11-14,17H2,1-3H3,(H,34,35). The molecule has 4 aromatic rings. The van der Waals surface area contributed by atoms with E-state index < -0.39 is 5.97 Å². The summed E-state index contributed by atoms with van der Waals surface area (Å²) < 4.78 is 14.3. The molecule has 2 fully saturated rings. The van der Waals surface area contributed by atoms with Gasteiger partial charge in [-0.3, -0.25) is 0 Å². The average molecular weight is 500 g/mol. The quantitative estimate of drug-likeness (QED) is 0.326. The summed E-state index contributed by atoms with van der Waals surface area (Å²) in [4.78, 5) is 13.9. The highest BCUT2D eigenvalue weighted by molar-refractivity contribution is 6.04. The summed E-state index contributed by atoms with van der Waals surface area (Å²) in [6.07, 6.45) is 6.06. The van der Waals surface area contributed by atoms with E-state index in [0.29, 0.717) is 18.1 Å². The number of hydrogen-bond acceptors (Lipinski definition) is 5. The van der Waals surface area contributed by atoms with Gasteiger partial charge in [0.25, 0.3) is 0 Å². The van der Waals surface area contributed by atoms with E-state index in [1.54, 1.807) is 6.20 Å². The maximum atomic E-state index is 11.5. The van der Waals surface area contributed by atoms with Crippen molar-refractivity contribution >= 4 is 22.6 Å². The fraction of sp³-hybridized carbons (Fsp3) is 0.400. The molecular weight excluding hydrogens is 466 g/mol. The third-order valence-corrected chi connectivity index (χ3v) is 7.96. The second kappa shape index (κ2) is 9.38. The number of aromatic nitrogens is 2. The van der Waals surface area contributed by atoms with Crippen LogP contribution in [0.3, 0.4) is 0 Å². The highest BCUT2D eigenvalue weighted by atomic mass is 16.5. The summed E-state index contributed by atoms with van der Waals surface area (Å²) in [5, 5.41) is 14.8. The number of carboxylic acid groups (broad SMARTS) is 1. The van der Waals surface area contributed by atoms with Crippen LogP contribution in [0, 0.1) is 13.8 Å². The molecule has 1 aliphatic carbocycles. The Morgan fingerprint density at radius 1 is 1.11 bits per heavy atom. The molecule has 7 nitrogen and oxygen atoms in total. The zero-order valence-electron chi connectivity index (χ0n) is 21.7. The van der Waals surface area contributed by atoms with E-state index in [-0.39, 0.29) is 6.10 Å². The van der Waals surface area contributed by atoms with Crippen molar-refractivity contribution in [3.8, 4) is 11.3 Å². The summed E-state index contributed by atoms with van der Waals surface area (Å²) in [7, 11) is 1.89. The average Bonchev–Trinajstić information content (AvgIpc) is 3.57. The van der Waals surface area contributed by atoms with Gasteiger partial charge in [-0.15, -0.1) is 0 Å². The van der Waals surface area contributed by atoms with Crippen LogP contribution in [0.25, 0.3) is 22.2 Å². The Morgan fingerprint density at radius 2 is 1.84 bits per heavy atom. The minimum atomic E-state index is -0.894. The van der Waals surface area contributed by atoms with Gasteiger partial charge in [-0.05, 0) is 68.9 Å². The SMILES string of the molecule is Cc1cccc(C)c1-c1noc(C2CC2)c1COC1CCN(c2ccc3c(C(=O)O)cn(C)c3c2)CC1. The molecule has 2 aliphatic rings. The number of rotatable bonds is 7. The van der Waals surface area contributed by atoms with Crippen molar-refractivity contribution in [3.63, 3.8) is 0 Å². The molecule has 3 heterocycles. The Morgan fingerprint density at radius 3 is 2.51 bits per heavy atom. The van der Waals surface area contributed by atoms with Crippen molar-refractivity contribution in [3.05, 3.63) is 70.6 Å². The van der Waals surface area contributed by atoms with Crippen LogP contribution < -0.4 is 4.90 Å². The number of aryl methyl sites for hydroxylation is 3. The van der Waals surface area contributed by atoms with E-state index in [0.717, 1.165) is 77.9 Å². The molecule has 0 bridgehead atoms. The number of carbonyl (C=O) groups is 1. The molecule has 0 spiro atoms. The summed E-state index contributed by atoms with van der Waals surface area (Å²) in [6.45, 7) is 6.58. The van der Waals surface area contributed by atoms with Crippen LogP contribution in [0.15, 0.2) is 47.1 Å². The van der Waals surface area contributed by atoms with Gasteiger partial charge in [0.2, 0.25) is 0 Å². The molecule has 192 valence electrons. The minimum Gasteiger partial charge on any atom is -0.478 e. The predicted octanol–water partition coefficient (Wildman–Crippen LogP) is 6.21. The smallest absolute Gasteiger partial charge is 0.337 e. The first-order valence-electron chi connectivity index (χ1n) is 13.1. The molecule has 1 saturated carbocycles. The van der Waals surface area contributed by atoms with Gasteiger partial charge in [-0.25, -0.2) is 4.79 Å². The van der Waals surface area contributed by atoms with Crippen molar-refractivity contribution in [1.82, 2.24) is 9.72 Å². The van der Waals surface area contributed by atoms with Crippen molar-refractivity contribution in [2.24, 2.45) is 7.05 Å². The Kier molecular flexibility index (Phi) is 6.03. The second-order valence-electron chi connectivity index (χ2n) is 10.6. The van der Waals surface area contributed by atoms with Gasteiger partial charge < -0.3 is 23.8 Å². The third kappa shape index (κ3) is 4.42. The van der Waals surface area contributed by atoms with E-state index in [1.165, 1.54) is 11.1 Å². The van der Waals surface area contributed by atoms with Crippen LogP contribution in [0.1, 0.15) is 64.4 Å². The van der Waals surface area contributed by atoms with E-state index in [4.69, 9.17) is 9.26 Å². The molecule has 2 aromatic carbocycles. The molecule has 37 heavy (non-hydrogen) atoms. The number of benzene rings is 2. The van der Waals surface area contributed by atoms with Crippen LogP contribution in [0.5, 0.6) is 0 Å². The number of anilines is 1. The number of aromatic carboxylic acids is 1. The first-order valence-corrected chi connectivity index (χ1v) is 13.1. The summed E-state index contributed by atoms with van der Waals surface area (Å²) in [6, 6.07) is 12.4. The van der Waals surface area contributed by atoms with Crippen LogP contribution >= 0.6 is 0 Å². The maximum absolute atomic E-state index is 11.5. The summed E-state index contributed by atoms with van der Waals surface area (Å²) >= 11 is 0. The van der Waals surface area contributed by atoms with Gasteiger partial charge in [-0.2, -0.15) is 0 Å². The summed E-state index contributed by atoms with van der Waals surface area (Å²) in [5.41, 5.74) is 8.03. The van der Waals surface area contributed by atoms with Crippen LogP contribution in [-0.2, 0) is 18.4 Å². The maximum Gasteiger partial charge on any atom is 0.337 e. The normalized spacial score (nSPS) is 16.6. The zero-order valence-corrected chi connectivity index (χ0v) is 21.7. The number of ether oxygens (including phenoxy) is 1. The number of nitrogens with zero attached hydrogens (tertiary/aromatic N) is 3. The van der Waals surface area contributed by atoms with E-state index in [9.17, 15) is 9.90 Å². The number of hydrogen-bond donors (Lipinski definition) is 1. The Balaban J connectivity index is 1.15. The van der Waals surface area contributed by atoms with Crippen molar-refractivity contribution in [1.29, 1.82) is 0 Å². The molecule has 1 aliphatic heterocycles. The number of fused-ring (bicyclic) bond motifs is 1. The lowest BCUT2D eigenvalue weighted by Gasteiger charge is -2.33. The lowest BCUT2D eigenvalue weighted by atomic mass is 9.96. The Bertz CT molecular complexity index is 1450. The molecule has 6 rings (SSSR count). The molecule has 1 N–H and O–H groups in total. The molecular formula is C30H33N3O4. The topological polar surface area (TPSA) is 80.7 Å².